The highest BCUT2D eigenvalue weighted by molar-refractivity contribution is 6.06. The highest BCUT2D eigenvalue weighted by atomic mass is 19.4. The van der Waals surface area contributed by atoms with Crippen molar-refractivity contribution in [2.24, 2.45) is 0 Å². The van der Waals surface area contributed by atoms with E-state index in [2.05, 4.69) is 65.5 Å². The van der Waals surface area contributed by atoms with Gasteiger partial charge in [-0.2, -0.15) is 44.5 Å². The molecule has 25 nitrogen and oxygen atoms in total. The van der Waals surface area contributed by atoms with Crippen molar-refractivity contribution in [2.45, 2.75) is 93.4 Å². The number of alkyl halides is 9. The standard InChI is InChI=1S/C25H23F3N6O3.C25H24F3N5O4.C20H21F3N6O/c26-25(27,28)16-3-1-2-15(12-16)19-4-5-20-22(30-19)34(17-7-10-33(20)13-17)24(35)32-21-6-9-29-23(31-21)37-18-8-11-36-14-18;26-25(27,28)16-3-1-2-15(10-16)20-4-5-21-23(30-20)33(17-7-9-32(21)12-17)24(36)31-22-11-19(6-8-29-22)37-14-18(35)13-34;21-20(22,23)15-4-3-10-28(15)17-7-6-14-18(26-17)29(13-8-11-27(14)12-13)19(30)25-16-5-1-2-9-24-16/h1-6,9,12,17-18H,7-8,10-11,13-14H2,(H,29,31,32,35);1-6,8,10-11,17-18,34-35H,7,9,12-14H2,(H,29,31,36);1-2,5-7,9,13,15H,3-4,8,10-12H2,(H,24,25,30)/t2*17-,18+;13-,15-/m000/s1. The normalized spacial score (nSPS) is 20.1. The average molecular weight is 1450 g/mol. The molecular formula is C70H68F9N17O8. The van der Waals surface area contributed by atoms with Gasteiger partial charge in [0.25, 0.3) is 0 Å². The van der Waals surface area contributed by atoms with Crippen LogP contribution in [-0.2, 0) is 17.1 Å². The van der Waals surface area contributed by atoms with Crippen molar-refractivity contribution in [3.63, 3.8) is 0 Å². The molecule has 8 aromatic rings. The van der Waals surface area contributed by atoms with Crippen LogP contribution in [0.3, 0.4) is 0 Å². The number of rotatable bonds is 12. The number of halogens is 9. The molecule has 0 radical (unpaired) electrons. The number of aliphatic hydroxyl groups excluding tert-OH is 2. The van der Waals surface area contributed by atoms with Gasteiger partial charge < -0.3 is 44.0 Å². The summed E-state index contributed by atoms with van der Waals surface area (Å²) in [5.74, 6) is 2.65. The number of fused-ring (bicyclic) bond motifs is 12. The van der Waals surface area contributed by atoms with Gasteiger partial charge in [0, 0.05) is 88.0 Å². The van der Waals surface area contributed by atoms with Gasteiger partial charge >= 0.3 is 42.6 Å². The minimum atomic E-state index is -4.48. The number of ether oxygens (including phenoxy) is 3. The van der Waals surface area contributed by atoms with E-state index in [0.717, 1.165) is 80.2 Å². The Hall–Kier alpha value is -10.9. The highest BCUT2D eigenvalue weighted by Gasteiger charge is 2.48. The smallest absolute Gasteiger partial charge is 0.416 e. The molecule has 104 heavy (non-hydrogen) atoms. The zero-order chi connectivity index (χ0) is 72.6. The summed E-state index contributed by atoms with van der Waals surface area (Å²) in [5, 5.41) is 26.8. The fraction of sp³-hybridized carbons (Fsp3) is 0.371. The van der Waals surface area contributed by atoms with Crippen LogP contribution in [0.2, 0.25) is 0 Å². The highest BCUT2D eigenvalue weighted by Crippen LogP contribution is 2.46. The minimum absolute atomic E-state index is 0.0564. The number of carbonyl (C=O) groups excluding carboxylic acids is 3. The summed E-state index contributed by atoms with van der Waals surface area (Å²) in [7, 11) is 0. The second-order valence-corrected chi connectivity index (χ2v) is 25.8. The third kappa shape index (κ3) is 15.1. The van der Waals surface area contributed by atoms with Crippen molar-refractivity contribution < 1.29 is 78.3 Å². The molecular weight excluding hydrogens is 1380 g/mol. The molecule has 8 aliphatic rings. The van der Waals surface area contributed by atoms with Crippen LogP contribution in [0.5, 0.6) is 11.8 Å². The summed E-state index contributed by atoms with van der Waals surface area (Å²) in [6.07, 6.45) is -6.46. The predicted molar refractivity (Wildman–Crippen MR) is 365 cm³/mol. The molecule has 544 valence electrons. The molecule has 5 fully saturated rings. The van der Waals surface area contributed by atoms with E-state index in [1.165, 1.54) is 40.4 Å². The van der Waals surface area contributed by atoms with E-state index >= 15 is 0 Å². The molecule has 6 aromatic heterocycles. The molecule has 5 N–H and O–H groups in total. The maximum Gasteiger partial charge on any atom is 0.416 e. The molecule has 8 aliphatic heterocycles. The number of hydrogen-bond donors (Lipinski definition) is 5. The first kappa shape index (κ1) is 70.2. The molecule has 6 amide bonds. The SMILES string of the molecule is O=C(Nc1cc(OC[C@H](O)CO)ccn1)N1c2nc(-c3cccc(C(F)(F)F)c3)ccc2N2CC[C@H]1C2.O=C(Nc1ccccn1)N1c2nc(N3CCC[C@H]3C(F)(F)F)ccc2N2CC[C@H]1C2.O=C(Nc1ccnc(O[C@@H]2CCOC2)n1)N1c2nc(-c3cccc(C(F)(F)F)c3)ccc2N2CC[C@H]1C2. The van der Waals surface area contributed by atoms with E-state index in [4.69, 9.17) is 19.3 Å². The number of hydrogen-bond acceptors (Lipinski definition) is 19. The summed E-state index contributed by atoms with van der Waals surface area (Å²) in [6, 6.07) is 27.0. The number of anilines is 10. The quantitative estimate of drug-likeness (QED) is 0.0711. The van der Waals surface area contributed by atoms with Gasteiger partial charge in [-0.1, -0.05) is 30.3 Å². The maximum absolute atomic E-state index is 13.5. The van der Waals surface area contributed by atoms with Crippen molar-refractivity contribution in [3.05, 3.63) is 151 Å². The van der Waals surface area contributed by atoms with E-state index in [9.17, 15) is 59.0 Å². The number of benzene rings is 2. The van der Waals surface area contributed by atoms with Crippen LogP contribution in [0.25, 0.3) is 22.5 Å². The van der Waals surface area contributed by atoms with Crippen LogP contribution < -0.4 is 59.7 Å². The Kier molecular flexibility index (Phi) is 19.6. The largest absolute Gasteiger partial charge is 0.491 e. The lowest BCUT2D eigenvalue weighted by Crippen LogP contribution is -2.49. The maximum atomic E-state index is 13.5. The number of aliphatic hydroxyl groups is 2. The number of aromatic nitrogens is 7. The summed E-state index contributed by atoms with van der Waals surface area (Å²) in [5.41, 5.74) is 2.00. The molecule has 5 saturated heterocycles. The Balaban J connectivity index is 0.000000132. The zero-order valence-electron chi connectivity index (χ0n) is 55.3. The van der Waals surface area contributed by atoms with E-state index in [1.807, 2.05) is 0 Å². The van der Waals surface area contributed by atoms with Gasteiger partial charge in [0.15, 0.2) is 17.5 Å². The molecule has 14 heterocycles. The second-order valence-electron chi connectivity index (χ2n) is 25.8. The van der Waals surface area contributed by atoms with Crippen LogP contribution >= 0.6 is 0 Å². The van der Waals surface area contributed by atoms with Gasteiger partial charge in [0.2, 0.25) is 0 Å². The van der Waals surface area contributed by atoms with Gasteiger partial charge in [-0.3, -0.25) is 30.7 Å². The van der Waals surface area contributed by atoms with Gasteiger partial charge in [-0.05, 0) is 117 Å². The Morgan fingerprint density at radius 3 is 1.62 bits per heavy atom. The van der Waals surface area contributed by atoms with Crippen LogP contribution in [0, 0.1) is 0 Å². The molecule has 0 saturated carbocycles. The molecule has 16 rings (SSSR count). The van der Waals surface area contributed by atoms with E-state index in [0.29, 0.717) is 104 Å². The van der Waals surface area contributed by atoms with Gasteiger partial charge in [0.05, 0.1) is 77.5 Å². The third-order valence-electron chi connectivity index (χ3n) is 18.9. The number of urea groups is 3. The molecule has 34 heteroatoms. The second kappa shape index (κ2) is 29.1. The van der Waals surface area contributed by atoms with E-state index < -0.39 is 60.5 Å². The lowest BCUT2D eigenvalue weighted by Gasteiger charge is -2.37. The molecule has 6 bridgehead atoms. The van der Waals surface area contributed by atoms with Crippen LogP contribution in [0.1, 0.15) is 49.7 Å². The van der Waals surface area contributed by atoms with E-state index in [1.54, 1.807) is 94.9 Å². The number of nitrogens with one attached hydrogen (secondary N) is 3. The number of amides is 6. The van der Waals surface area contributed by atoms with Crippen molar-refractivity contribution in [2.75, 3.05) is 122 Å². The van der Waals surface area contributed by atoms with Crippen molar-refractivity contribution >= 4 is 75.9 Å². The third-order valence-corrected chi connectivity index (χ3v) is 18.9. The molecule has 0 unspecified atom stereocenters. The average Bonchev–Trinajstić information content (AvgIpc) is 1.54. The van der Waals surface area contributed by atoms with Crippen LogP contribution in [0.4, 0.5) is 112 Å². The number of carbonyl (C=O) groups is 3. The monoisotopic (exact) mass is 1450 g/mol. The van der Waals surface area contributed by atoms with E-state index in [-0.39, 0.29) is 66.8 Å². The Labute approximate surface area is 588 Å². The first-order valence-electron chi connectivity index (χ1n) is 33.6. The van der Waals surface area contributed by atoms with Gasteiger partial charge in [-0.15, -0.1) is 0 Å². The summed E-state index contributed by atoms with van der Waals surface area (Å²) >= 11 is 0. The summed E-state index contributed by atoms with van der Waals surface area (Å²) in [4.78, 5) is 82.9. The Bertz CT molecular complexity index is 4470. The lowest BCUT2D eigenvalue weighted by atomic mass is 10.1. The fourth-order valence-electron chi connectivity index (χ4n) is 14.0. The van der Waals surface area contributed by atoms with Gasteiger partial charge in [0.1, 0.15) is 53.9 Å². The minimum Gasteiger partial charge on any atom is -0.491 e. The predicted octanol–water partition coefficient (Wildman–Crippen LogP) is 11.5. The summed E-state index contributed by atoms with van der Waals surface area (Å²) in [6.45, 7) is 4.98. The number of nitrogens with zero attached hydrogens (tertiary/aromatic N) is 14. The molecule has 2 aromatic carbocycles. The number of pyridine rings is 5. The zero-order valence-corrected chi connectivity index (χ0v) is 55.3. The van der Waals surface area contributed by atoms with Crippen molar-refractivity contribution in [1.29, 1.82) is 0 Å². The fourth-order valence-corrected chi connectivity index (χ4v) is 14.0. The molecule has 6 atom stereocenters. The summed E-state index contributed by atoms with van der Waals surface area (Å²) < 4.78 is 136. The van der Waals surface area contributed by atoms with Crippen molar-refractivity contribution in [1.82, 2.24) is 34.9 Å². The molecule has 0 spiro atoms. The van der Waals surface area contributed by atoms with Crippen LogP contribution in [0.15, 0.2) is 140 Å². The first-order valence-corrected chi connectivity index (χ1v) is 33.6. The molecule has 0 aliphatic carbocycles. The van der Waals surface area contributed by atoms with Crippen LogP contribution in [-0.4, -0.2) is 178 Å². The lowest BCUT2D eigenvalue weighted by molar-refractivity contribution is -0.146. The topological polar surface area (TPSA) is 268 Å². The Morgan fingerprint density at radius 1 is 0.548 bits per heavy atom. The first-order chi connectivity index (χ1) is 50.0. The van der Waals surface area contributed by atoms with Gasteiger partial charge in [-0.25, -0.2) is 44.3 Å². The Morgan fingerprint density at radius 2 is 1.09 bits per heavy atom. The van der Waals surface area contributed by atoms with Crippen molar-refractivity contribution in [3.8, 4) is 34.3 Å².